The number of alkyl halides is 9. The SMILES string of the molecule is CC(C)(C)OC(=O)N1C2C=C(OS(=O)(=O)C(F)(F)F)CC1COC2.CC(C)(C)OC(=O)N1C2COCC1CC(=O)C2.O=S(=O)(ON(OS(=O)(=O)C(F)(F)F)c1ccccc1)C(F)(F)F. The number of carbonyl (C=O) groups excluding carboxylic acids is 3. The molecule has 0 aliphatic carbocycles. The lowest BCUT2D eigenvalue weighted by Gasteiger charge is -2.44. The standard InChI is InChI=1S/C13H18F3NO6S.C12H19NO4.C8H5F6NO6S2/c1-12(2,3)22-11(18)17-8-4-10(5-9(17)7-21-6-8)23-24(19,20)13(14,15)16;1-12(2,3)17-11(15)13-8-4-10(14)5-9(13)7-16-6-8;9-7(10,11)22(16,17)20-15(6-4-2-1-3-5-6)21-23(18,19)8(12,13)14/h4,8-9H,5-7H2,1-3H3;8-9H,4-7H2,1-3H3;1-5H. The summed E-state index contributed by atoms with van der Waals surface area (Å²) in [6.07, 6.45) is 0.720. The first kappa shape index (κ1) is 54.2. The number of rotatable bonds is 7. The van der Waals surface area contributed by atoms with Crippen LogP contribution in [0.5, 0.6) is 0 Å². The van der Waals surface area contributed by atoms with Crippen molar-refractivity contribution < 1.29 is 111 Å². The molecule has 31 heteroatoms. The van der Waals surface area contributed by atoms with Gasteiger partial charge in [-0.3, -0.25) is 14.6 Å². The third-order valence-corrected chi connectivity index (χ3v) is 10.9. The number of para-hydroxylation sites is 1. The van der Waals surface area contributed by atoms with Crippen LogP contribution in [0.3, 0.4) is 0 Å². The van der Waals surface area contributed by atoms with E-state index in [-0.39, 0.29) is 49.4 Å². The Morgan fingerprint density at radius 2 is 1.00 bits per heavy atom. The van der Waals surface area contributed by atoms with Gasteiger partial charge in [0, 0.05) is 19.3 Å². The normalized spacial score (nSPS) is 22.1. The van der Waals surface area contributed by atoms with Gasteiger partial charge in [-0.05, 0) is 59.8 Å². The fourth-order valence-electron chi connectivity index (χ4n) is 5.65. The van der Waals surface area contributed by atoms with Crippen LogP contribution in [0, 0.1) is 0 Å². The first-order valence-corrected chi connectivity index (χ1v) is 22.3. The molecule has 2 amide bonds. The number of carbonyl (C=O) groups is 3. The number of ether oxygens (including phenoxy) is 4. The molecule has 366 valence electrons. The summed E-state index contributed by atoms with van der Waals surface area (Å²) in [4.78, 5) is 38.9. The third kappa shape index (κ3) is 14.9. The molecule has 0 saturated carbocycles. The van der Waals surface area contributed by atoms with Gasteiger partial charge in [0.05, 0.1) is 56.3 Å². The van der Waals surface area contributed by atoms with Crippen molar-refractivity contribution >= 4 is 54.0 Å². The lowest BCUT2D eigenvalue weighted by Crippen LogP contribution is -2.60. The highest BCUT2D eigenvalue weighted by Gasteiger charge is 2.54. The Balaban J connectivity index is 0.000000259. The van der Waals surface area contributed by atoms with Crippen molar-refractivity contribution in [3.05, 3.63) is 42.2 Å². The summed E-state index contributed by atoms with van der Waals surface area (Å²) in [7, 11) is -18.7. The zero-order chi connectivity index (χ0) is 49.1. The van der Waals surface area contributed by atoms with Crippen molar-refractivity contribution in [2.24, 2.45) is 0 Å². The van der Waals surface area contributed by atoms with E-state index in [1.54, 1.807) is 25.7 Å². The third-order valence-electron chi connectivity index (χ3n) is 8.07. The van der Waals surface area contributed by atoms with Crippen LogP contribution in [0.15, 0.2) is 42.2 Å². The Hall–Kier alpha value is -4.17. The average molecular weight is 1000 g/mol. The minimum absolute atomic E-state index is 0.00860. The number of hydrogen-bond donors (Lipinski definition) is 0. The number of Topliss-reactive ketones (excluding diaryl/α,β-unsaturated/α-hetero) is 1. The molecule has 3 saturated heterocycles. The summed E-state index contributed by atoms with van der Waals surface area (Å²) < 4.78 is 208. The quantitative estimate of drug-likeness (QED) is 0.141. The number of morpholine rings is 2. The van der Waals surface area contributed by atoms with Gasteiger partial charge in [0.1, 0.15) is 22.7 Å². The molecule has 4 aliphatic heterocycles. The van der Waals surface area contributed by atoms with Gasteiger partial charge >= 0.3 is 59.1 Å². The van der Waals surface area contributed by atoms with Crippen LogP contribution >= 0.6 is 0 Å². The Morgan fingerprint density at radius 3 is 1.39 bits per heavy atom. The van der Waals surface area contributed by atoms with Crippen molar-refractivity contribution in [2.45, 2.75) is 113 Å². The minimum Gasteiger partial charge on any atom is -0.444 e. The zero-order valence-corrected chi connectivity index (χ0v) is 36.7. The summed E-state index contributed by atoms with van der Waals surface area (Å²) in [5.74, 6) is -0.145. The summed E-state index contributed by atoms with van der Waals surface area (Å²) >= 11 is 0. The van der Waals surface area contributed by atoms with Crippen molar-refractivity contribution in [1.82, 2.24) is 9.80 Å². The van der Waals surface area contributed by atoms with Gasteiger partial charge in [-0.15, -0.1) is 8.57 Å². The Bertz CT molecular complexity index is 2130. The first-order chi connectivity index (χ1) is 28.8. The van der Waals surface area contributed by atoms with E-state index < -0.39 is 87.2 Å². The van der Waals surface area contributed by atoms with Crippen LogP contribution in [-0.2, 0) is 66.8 Å². The highest BCUT2D eigenvalue weighted by molar-refractivity contribution is 7.88. The second kappa shape index (κ2) is 19.7. The van der Waals surface area contributed by atoms with E-state index in [4.69, 9.17) is 18.9 Å². The summed E-state index contributed by atoms with van der Waals surface area (Å²) in [6.45, 7) is 11.5. The van der Waals surface area contributed by atoms with Crippen molar-refractivity contribution in [1.29, 1.82) is 0 Å². The van der Waals surface area contributed by atoms with Crippen molar-refractivity contribution in [3.63, 3.8) is 0 Å². The van der Waals surface area contributed by atoms with Gasteiger partial charge in [0.15, 0.2) is 0 Å². The van der Waals surface area contributed by atoms with Crippen LogP contribution in [0.2, 0.25) is 0 Å². The van der Waals surface area contributed by atoms with Gasteiger partial charge in [-0.25, -0.2) is 9.59 Å². The molecule has 0 radical (unpaired) electrons. The van der Waals surface area contributed by atoms with E-state index in [0.29, 0.717) is 26.1 Å². The number of hydrogen-bond acceptors (Lipinski definition) is 17. The fraction of sp³-hybridized carbons (Fsp3) is 0.667. The number of ketones is 1. The molecule has 0 aromatic heterocycles. The number of benzene rings is 1. The summed E-state index contributed by atoms with van der Waals surface area (Å²) in [5, 5.41) is -1.02. The molecule has 64 heavy (non-hydrogen) atoms. The number of halogens is 9. The minimum atomic E-state index is -6.49. The topological polar surface area (TPSA) is 228 Å². The molecule has 4 bridgehead atoms. The predicted molar refractivity (Wildman–Crippen MR) is 197 cm³/mol. The summed E-state index contributed by atoms with van der Waals surface area (Å²) in [6, 6.07) is 3.07. The summed E-state index contributed by atoms with van der Waals surface area (Å²) in [5.41, 5.74) is -19.7. The number of anilines is 1. The number of piperidine rings is 1. The lowest BCUT2D eigenvalue weighted by molar-refractivity contribution is -0.134. The molecule has 0 spiro atoms. The average Bonchev–Trinajstić information content (AvgIpc) is 3.08. The lowest BCUT2D eigenvalue weighted by atomic mass is 9.94. The Kier molecular flexibility index (Phi) is 16.7. The smallest absolute Gasteiger partial charge is 0.444 e. The van der Waals surface area contributed by atoms with E-state index in [1.165, 1.54) is 11.0 Å². The highest BCUT2D eigenvalue weighted by Crippen LogP contribution is 2.35. The highest BCUT2D eigenvalue weighted by atomic mass is 32.2. The van der Waals surface area contributed by atoms with Crippen LogP contribution < -0.4 is 5.23 Å². The van der Waals surface area contributed by atoms with Gasteiger partial charge in [-0.1, -0.05) is 23.4 Å². The number of amides is 2. The molecule has 4 aliphatic rings. The Morgan fingerprint density at radius 1 is 0.609 bits per heavy atom. The van der Waals surface area contributed by atoms with Crippen LogP contribution in [0.25, 0.3) is 0 Å². The molecule has 19 nitrogen and oxygen atoms in total. The second-order valence-electron chi connectivity index (χ2n) is 15.7. The molecule has 1 aromatic carbocycles. The van der Waals surface area contributed by atoms with Gasteiger partial charge in [0.25, 0.3) is 0 Å². The monoisotopic (exact) mass is 1000 g/mol. The number of nitrogens with zero attached hydrogens (tertiary/aromatic N) is 3. The van der Waals surface area contributed by atoms with Crippen molar-refractivity contribution in [2.75, 3.05) is 31.7 Å². The maximum Gasteiger partial charge on any atom is 0.534 e. The second-order valence-corrected chi connectivity index (χ2v) is 20.3. The van der Waals surface area contributed by atoms with Gasteiger partial charge in [-0.2, -0.15) is 64.8 Å². The molecule has 3 fully saturated rings. The maximum absolute atomic E-state index is 12.4. The molecule has 1 aromatic rings. The first-order valence-electron chi connectivity index (χ1n) is 18.1. The van der Waals surface area contributed by atoms with Crippen LogP contribution in [0.4, 0.5) is 54.8 Å². The molecule has 4 unspecified atom stereocenters. The zero-order valence-electron chi connectivity index (χ0n) is 34.2. The van der Waals surface area contributed by atoms with Crippen LogP contribution in [0.1, 0.15) is 60.8 Å². The van der Waals surface area contributed by atoms with E-state index in [2.05, 4.69) is 12.8 Å². The largest absolute Gasteiger partial charge is 0.534 e. The molecular formula is C33H42F9N3O16S3. The molecular weight excluding hydrogens is 962 g/mol. The van der Waals surface area contributed by atoms with Crippen LogP contribution in [-0.4, -0.2) is 131 Å². The molecule has 4 heterocycles. The van der Waals surface area contributed by atoms with E-state index in [1.807, 2.05) is 20.8 Å². The fourth-order valence-corrected chi connectivity index (χ4v) is 6.95. The molecule has 0 N–H and O–H groups in total. The van der Waals surface area contributed by atoms with Gasteiger partial charge in [0.2, 0.25) is 0 Å². The van der Waals surface area contributed by atoms with E-state index >= 15 is 0 Å². The van der Waals surface area contributed by atoms with Crippen molar-refractivity contribution in [3.8, 4) is 0 Å². The molecule has 4 atom stereocenters. The maximum atomic E-state index is 12.4. The van der Waals surface area contributed by atoms with E-state index in [9.17, 15) is 79.2 Å². The predicted octanol–water partition coefficient (Wildman–Crippen LogP) is 5.55. The number of fused-ring (bicyclic) bond motifs is 4. The van der Waals surface area contributed by atoms with E-state index in [0.717, 1.165) is 30.3 Å². The molecule has 5 rings (SSSR count). The van der Waals surface area contributed by atoms with Gasteiger partial charge < -0.3 is 23.1 Å². The Labute approximate surface area is 360 Å².